The Morgan fingerprint density at radius 2 is 1.31 bits per heavy atom. The molecular formula is C24H47NO3S. The van der Waals surface area contributed by atoms with Gasteiger partial charge < -0.3 is 10.1 Å². The third kappa shape index (κ3) is 23.6. The van der Waals surface area contributed by atoms with E-state index in [-0.39, 0.29) is 5.91 Å². The maximum atomic E-state index is 11.8. The minimum atomic E-state index is 0.190. The molecule has 0 unspecified atom stereocenters. The first-order valence-corrected chi connectivity index (χ1v) is 13.2. The lowest BCUT2D eigenvalue weighted by molar-refractivity contribution is -0.121. The maximum Gasteiger partial charge on any atom is 0.219 e. The zero-order valence-corrected chi connectivity index (χ0v) is 20.1. The van der Waals surface area contributed by atoms with Crippen LogP contribution in [0.4, 0.5) is 0 Å². The van der Waals surface area contributed by atoms with Crippen molar-refractivity contribution in [2.75, 3.05) is 31.8 Å². The fraction of sp³-hybridized carbons (Fsp3) is 0.917. The molecule has 1 N–H and O–H groups in total. The quantitative estimate of drug-likeness (QED) is 0.193. The Morgan fingerprint density at radius 3 is 2.00 bits per heavy atom. The van der Waals surface area contributed by atoms with Crippen LogP contribution in [0.3, 0.4) is 0 Å². The highest BCUT2D eigenvalue weighted by Crippen LogP contribution is 2.12. The summed E-state index contributed by atoms with van der Waals surface area (Å²) in [5.41, 5.74) is 0. The van der Waals surface area contributed by atoms with E-state index >= 15 is 0 Å². The monoisotopic (exact) mass is 429 g/mol. The number of carbonyl (C=O) groups is 2. The van der Waals surface area contributed by atoms with Crippen molar-refractivity contribution in [1.82, 2.24) is 5.32 Å². The summed E-state index contributed by atoms with van der Waals surface area (Å²) >= 11 is 1.99. The van der Waals surface area contributed by atoms with E-state index in [1.165, 1.54) is 50.7 Å². The van der Waals surface area contributed by atoms with Crippen LogP contribution in [-0.4, -0.2) is 43.5 Å². The summed E-state index contributed by atoms with van der Waals surface area (Å²) in [5, 5.41) is 3.01. The van der Waals surface area contributed by atoms with Crippen LogP contribution in [0.15, 0.2) is 0 Å². The van der Waals surface area contributed by atoms with Gasteiger partial charge in [0.2, 0.25) is 5.91 Å². The fourth-order valence-electron chi connectivity index (χ4n) is 3.23. The number of rotatable bonds is 23. The van der Waals surface area contributed by atoms with Crippen LogP contribution in [0.25, 0.3) is 0 Å². The molecule has 0 aromatic heterocycles. The second-order valence-electron chi connectivity index (χ2n) is 7.99. The number of ketones is 1. The maximum absolute atomic E-state index is 11.8. The van der Waals surface area contributed by atoms with Crippen molar-refractivity contribution >= 4 is 23.5 Å². The summed E-state index contributed by atoms with van der Waals surface area (Å²) in [7, 11) is 1.76. The number of unbranched alkanes of at least 4 members (excludes halogenated alkanes) is 10. The van der Waals surface area contributed by atoms with Gasteiger partial charge in [-0.05, 0) is 37.9 Å². The molecule has 0 fully saturated rings. The van der Waals surface area contributed by atoms with Gasteiger partial charge in [0, 0.05) is 38.7 Å². The second kappa shape index (κ2) is 23.7. The topological polar surface area (TPSA) is 55.4 Å². The number of amides is 1. The van der Waals surface area contributed by atoms with Gasteiger partial charge in [-0.1, -0.05) is 58.3 Å². The predicted octanol–water partition coefficient (Wildman–Crippen LogP) is 6.31. The van der Waals surface area contributed by atoms with E-state index in [1.54, 1.807) is 7.11 Å². The number of hydrogen-bond donors (Lipinski definition) is 1. The van der Waals surface area contributed by atoms with Crippen molar-refractivity contribution in [1.29, 1.82) is 0 Å². The van der Waals surface area contributed by atoms with E-state index in [0.29, 0.717) is 18.6 Å². The van der Waals surface area contributed by atoms with Crippen molar-refractivity contribution in [2.45, 2.75) is 110 Å². The molecule has 0 aromatic carbocycles. The summed E-state index contributed by atoms with van der Waals surface area (Å²) < 4.78 is 5.04. The minimum Gasteiger partial charge on any atom is -0.384 e. The summed E-state index contributed by atoms with van der Waals surface area (Å²) in [5.74, 6) is 2.96. The van der Waals surface area contributed by atoms with Crippen molar-refractivity contribution in [3.05, 3.63) is 0 Å². The number of nitrogens with one attached hydrogen (secondary N) is 1. The summed E-state index contributed by atoms with van der Waals surface area (Å²) in [6.07, 6.45) is 17.3. The third-order valence-corrected chi connectivity index (χ3v) is 6.17. The molecule has 29 heavy (non-hydrogen) atoms. The molecule has 0 spiro atoms. The van der Waals surface area contributed by atoms with Crippen molar-refractivity contribution in [3.8, 4) is 0 Å². The number of ether oxygens (including phenoxy) is 1. The highest BCUT2D eigenvalue weighted by molar-refractivity contribution is 7.99. The molecule has 5 heteroatoms. The number of Topliss-reactive ketones (excluding diaryl/α,β-unsaturated/α-hetero) is 1. The first-order valence-electron chi connectivity index (χ1n) is 12.1. The smallest absolute Gasteiger partial charge is 0.219 e. The Labute approximate surface area is 184 Å². The van der Waals surface area contributed by atoms with Crippen LogP contribution in [0, 0.1) is 0 Å². The molecule has 0 bridgehead atoms. The highest BCUT2D eigenvalue weighted by atomic mass is 32.2. The van der Waals surface area contributed by atoms with Gasteiger partial charge in [0.1, 0.15) is 5.78 Å². The molecule has 0 radical (unpaired) electrons. The summed E-state index contributed by atoms with van der Waals surface area (Å²) in [4.78, 5) is 23.4. The molecule has 0 rings (SSSR count). The van der Waals surface area contributed by atoms with Gasteiger partial charge in [-0.3, -0.25) is 9.59 Å². The van der Waals surface area contributed by atoms with Gasteiger partial charge >= 0.3 is 0 Å². The Bertz CT molecular complexity index is 377. The molecule has 0 aromatic rings. The van der Waals surface area contributed by atoms with Crippen LogP contribution in [0.2, 0.25) is 0 Å². The van der Waals surface area contributed by atoms with Crippen molar-refractivity contribution in [2.24, 2.45) is 0 Å². The average Bonchev–Trinajstić information content (AvgIpc) is 2.72. The Kier molecular flexibility index (Phi) is 23.3. The molecule has 0 aliphatic rings. The zero-order chi connectivity index (χ0) is 21.4. The lowest BCUT2D eigenvalue weighted by atomic mass is 10.1. The largest absolute Gasteiger partial charge is 0.384 e. The predicted molar refractivity (Wildman–Crippen MR) is 127 cm³/mol. The number of hydrogen-bond acceptors (Lipinski definition) is 4. The average molecular weight is 430 g/mol. The van der Waals surface area contributed by atoms with Gasteiger partial charge in [-0.2, -0.15) is 11.8 Å². The molecule has 4 nitrogen and oxygen atoms in total. The number of carbonyl (C=O) groups excluding carboxylic acids is 2. The molecule has 1 amide bonds. The van der Waals surface area contributed by atoms with E-state index in [4.69, 9.17) is 4.74 Å². The lowest BCUT2D eigenvalue weighted by Gasteiger charge is -2.06. The Morgan fingerprint density at radius 1 is 0.724 bits per heavy atom. The van der Waals surface area contributed by atoms with Gasteiger partial charge in [-0.15, -0.1) is 0 Å². The molecule has 0 atom stereocenters. The Hall–Kier alpha value is -0.550. The molecular weight excluding hydrogens is 382 g/mol. The summed E-state index contributed by atoms with van der Waals surface area (Å²) in [6, 6.07) is 0. The van der Waals surface area contributed by atoms with E-state index in [1.807, 2.05) is 11.8 Å². The van der Waals surface area contributed by atoms with Gasteiger partial charge in [0.05, 0.1) is 6.61 Å². The van der Waals surface area contributed by atoms with Crippen LogP contribution < -0.4 is 5.32 Å². The van der Waals surface area contributed by atoms with Gasteiger partial charge in [0.15, 0.2) is 0 Å². The van der Waals surface area contributed by atoms with Gasteiger partial charge in [-0.25, -0.2) is 0 Å². The molecule has 0 aliphatic carbocycles. The highest BCUT2D eigenvalue weighted by Gasteiger charge is 2.03. The summed E-state index contributed by atoms with van der Waals surface area (Å²) in [6.45, 7) is 3.74. The molecule has 0 heterocycles. The van der Waals surface area contributed by atoms with Gasteiger partial charge in [0.25, 0.3) is 0 Å². The molecule has 172 valence electrons. The van der Waals surface area contributed by atoms with E-state index in [2.05, 4.69) is 12.2 Å². The van der Waals surface area contributed by atoms with E-state index in [9.17, 15) is 9.59 Å². The molecule has 0 saturated carbocycles. The van der Waals surface area contributed by atoms with Crippen LogP contribution in [0.1, 0.15) is 110 Å². The van der Waals surface area contributed by atoms with E-state index < -0.39 is 0 Å². The first-order chi connectivity index (χ1) is 14.2. The number of thioether (sulfide) groups is 1. The first kappa shape index (κ1) is 28.5. The lowest BCUT2D eigenvalue weighted by Crippen LogP contribution is -2.23. The van der Waals surface area contributed by atoms with Crippen LogP contribution >= 0.6 is 11.8 Å². The minimum absolute atomic E-state index is 0.190. The molecule has 0 saturated heterocycles. The normalized spacial score (nSPS) is 11.0. The Balaban J connectivity index is 3.21. The van der Waals surface area contributed by atoms with Crippen molar-refractivity contribution in [3.63, 3.8) is 0 Å². The van der Waals surface area contributed by atoms with Crippen LogP contribution in [-0.2, 0) is 14.3 Å². The standard InChI is InChI=1S/C24H47NO3S/c1-3-4-16-23(26)17-12-11-14-19-25-24(27)18-13-9-7-5-6-8-10-15-21-29-22-20-28-2/h3-22H2,1-2H3,(H,25,27). The SMILES string of the molecule is CCCCC(=O)CCCCCNC(=O)CCCCCCCCCCSCCOC. The van der Waals surface area contributed by atoms with Crippen LogP contribution in [0.5, 0.6) is 0 Å². The zero-order valence-electron chi connectivity index (χ0n) is 19.3. The number of methoxy groups -OCH3 is 1. The third-order valence-electron chi connectivity index (χ3n) is 5.14. The van der Waals surface area contributed by atoms with Crippen molar-refractivity contribution < 1.29 is 14.3 Å². The molecule has 0 aliphatic heterocycles. The van der Waals surface area contributed by atoms with E-state index in [0.717, 1.165) is 63.9 Å². The second-order valence-corrected chi connectivity index (χ2v) is 9.21. The fourth-order valence-corrected chi connectivity index (χ4v) is 4.13.